The van der Waals surface area contributed by atoms with E-state index in [1.54, 1.807) is 6.07 Å². The number of carbonyl (C=O) groups is 1. The lowest BCUT2D eigenvalue weighted by atomic mass is 10.1. The van der Waals surface area contributed by atoms with Crippen LogP contribution in [0.5, 0.6) is 0 Å². The Labute approximate surface area is 112 Å². The van der Waals surface area contributed by atoms with Crippen molar-refractivity contribution >= 4 is 22.9 Å². The van der Waals surface area contributed by atoms with Gasteiger partial charge in [-0.3, -0.25) is 4.99 Å². The molecule has 0 saturated carbocycles. The fourth-order valence-electron chi connectivity index (χ4n) is 1.35. The molecular weight excluding hydrogens is 248 g/mol. The number of nitrogens with zero attached hydrogens (tertiary/aromatic N) is 1. The predicted octanol–water partition coefficient (Wildman–Crippen LogP) is 2.43. The van der Waals surface area contributed by atoms with Gasteiger partial charge in [0, 0.05) is 11.8 Å². The summed E-state index contributed by atoms with van der Waals surface area (Å²) in [6.07, 6.45) is 0. The van der Waals surface area contributed by atoms with Crippen LogP contribution in [-0.2, 0) is 10.5 Å². The van der Waals surface area contributed by atoms with Gasteiger partial charge in [0.05, 0.1) is 12.7 Å². The van der Waals surface area contributed by atoms with Gasteiger partial charge < -0.3 is 10.5 Å². The highest BCUT2D eigenvalue weighted by molar-refractivity contribution is 8.13. The van der Waals surface area contributed by atoms with Crippen molar-refractivity contribution in [3.8, 4) is 0 Å². The SMILES string of the molecule is COC(=O)c1cccc(CSC(N)=NC(C)C)c1. The number of thioether (sulfide) groups is 1. The lowest BCUT2D eigenvalue weighted by Crippen LogP contribution is -2.10. The minimum absolute atomic E-state index is 0.193. The van der Waals surface area contributed by atoms with Gasteiger partial charge in [-0.05, 0) is 31.5 Å². The van der Waals surface area contributed by atoms with E-state index < -0.39 is 0 Å². The summed E-state index contributed by atoms with van der Waals surface area (Å²) in [5.41, 5.74) is 7.34. The smallest absolute Gasteiger partial charge is 0.337 e. The van der Waals surface area contributed by atoms with Gasteiger partial charge in [-0.2, -0.15) is 0 Å². The molecule has 0 amide bonds. The Kier molecular flexibility index (Phi) is 5.71. The molecule has 1 rings (SSSR count). The Morgan fingerprint density at radius 3 is 2.83 bits per heavy atom. The van der Waals surface area contributed by atoms with Crippen molar-refractivity contribution < 1.29 is 9.53 Å². The first-order chi connectivity index (χ1) is 8.52. The van der Waals surface area contributed by atoms with Crippen LogP contribution in [0.2, 0.25) is 0 Å². The van der Waals surface area contributed by atoms with Gasteiger partial charge in [0.15, 0.2) is 5.17 Å². The van der Waals surface area contributed by atoms with Crippen molar-refractivity contribution in [3.05, 3.63) is 35.4 Å². The number of carbonyl (C=O) groups excluding carboxylic acids is 1. The summed E-state index contributed by atoms with van der Waals surface area (Å²) in [5.74, 6) is 0.359. The number of amidine groups is 1. The van der Waals surface area contributed by atoms with Crippen LogP contribution in [0.15, 0.2) is 29.3 Å². The Bertz CT molecular complexity index is 444. The maximum atomic E-state index is 11.4. The Morgan fingerprint density at radius 1 is 1.50 bits per heavy atom. The molecule has 98 valence electrons. The zero-order valence-electron chi connectivity index (χ0n) is 10.8. The maximum Gasteiger partial charge on any atom is 0.337 e. The first-order valence-electron chi connectivity index (χ1n) is 5.66. The summed E-state index contributed by atoms with van der Waals surface area (Å²) in [6.45, 7) is 3.95. The molecule has 0 bridgehead atoms. The van der Waals surface area contributed by atoms with E-state index in [2.05, 4.69) is 9.73 Å². The van der Waals surface area contributed by atoms with Gasteiger partial charge in [-0.15, -0.1) is 0 Å². The van der Waals surface area contributed by atoms with Crippen LogP contribution < -0.4 is 5.73 Å². The average molecular weight is 266 g/mol. The number of nitrogens with two attached hydrogens (primary N) is 1. The lowest BCUT2D eigenvalue weighted by molar-refractivity contribution is 0.0600. The highest BCUT2D eigenvalue weighted by Crippen LogP contribution is 2.14. The Balaban J connectivity index is 2.66. The molecule has 0 aromatic heterocycles. The van der Waals surface area contributed by atoms with Crippen LogP contribution in [0.3, 0.4) is 0 Å². The third-order valence-electron chi connectivity index (χ3n) is 2.12. The van der Waals surface area contributed by atoms with Gasteiger partial charge in [0.25, 0.3) is 0 Å². The van der Waals surface area contributed by atoms with E-state index in [9.17, 15) is 4.79 Å². The normalized spacial score (nSPS) is 11.7. The molecule has 2 N–H and O–H groups in total. The highest BCUT2D eigenvalue weighted by Gasteiger charge is 2.06. The van der Waals surface area contributed by atoms with E-state index in [0.29, 0.717) is 16.5 Å². The standard InChI is InChI=1S/C13H18N2O2S/c1-9(2)15-13(14)18-8-10-5-4-6-11(7-10)12(16)17-3/h4-7,9H,8H2,1-3H3,(H2,14,15). The summed E-state index contributed by atoms with van der Waals surface area (Å²) in [6, 6.07) is 7.51. The van der Waals surface area contributed by atoms with E-state index in [1.807, 2.05) is 32.0 Å². The summed E-state index contributed by atoms with van der Waals surface area (Å²) in [4.78, 5) is 15.6. The van der Waals surface area contributed by atoms with Crippen molar-refractivity contribution in [1.82, 2.24) is 0 Å². The monoisotopic (exact) mass is 266 g/mol. The molecule has 4 nitrogen and oxygen atoms in total. The van der Waals surface area contributed by atoms with Gasteiger partial charge >= 0.3 is 5.97 Å². The molecule has 5 heteroatoms. The number of hydrogen-bond donors (Lipinski definition) is 1. The van der Waals surface area contributed by atoms with E-state index in [4.69, 9.17) is 5.73 Å². The largest absolute Gasteiger partial charge is 0.465 e. The summed E-state index contributed by atoms with van der Waals surface area (Å²) >= 11 is 1.46. The quantitative estimate of drug-likeness (QED) is 0.516. The fourth-order valence-corrected chi connectivity index (χ4v) is 2.13. The third-order valence-corrected chi connectivity index (χ3v) is 3.00. The Hall–Kier alpha value is -1.49. The molecule has 1 aromatic rings. The summed E-state index contributed by atoms with van der Waals surface area (Å²) in [7, 11) is 1.37. The lowest BCUT2D eigenvalue weighted by Gasteiger charge is -2.05. The zero-order chi connectivity index (χ0) is 13.5. The van der Waals surface area contributed by atoms with E-state index in [0.717, 1.165) is 5.56 Å². The molecule has 0 atom stereocenters. The van der Waals surface area contributed by atoms with Gasteiger partial charge in [0.2, 0.25) is 0 Å². The van der Waals surface area contributed by atoms with Crippen LogP contribution in [0.25, 0.3) is 0 Å². The van der Waals surface area contributed by atoms with Gasteiger partial charge in [-0.25, -0.2) is 4.79 Å². The van der Waals surface area contributed by atoms with E-state index >= 15 is 0 Å². The Morgan fingerprint density at radius 2 is 2.22 bits per heavy atom. The number of esters is 1. The number of hydrogen-bond acceptors (Lipinski definition) is 4. The zero-order valence-corrected chi connectivity index (χ0v) is 11.7. The maximum absolute atomic E-state index is 11.4. The number of methoxy groups -OCH3 is 1. The molecule has 0 aliphatic heterocycles. The molecule has 1 aromatic carbocycles. The molecule has 0 aliphatic carbocycles. The van der Waals surface area contributed by atoms with Gasteiger partial charge in [-0.1, -0.05) is 23.9 Å². The molecule has 0 saturated heterocycles. The third kappa shape index (κ3) is 4.79. The molecule has 0 spiro atoms. The number of benzene rings is 1. The topological polar surface area (TPSA) is 64.7 Å². The number of aliphatic imine (C=N–C) groups is 1. The van der Waals surface area contributed by atoms with Crippen molar-refractivity contribution in [1.29, 1.82) is 0 Å². The van der Waals surface area contributed by atoms with Gasteiger partial charge in [0.1, 0.15) is 0 Å². The van der Waals surface area contributed by atoms with Crippen LogP contribution in [0, 0.1) is 0 Å². The van der Waals surface area contributed by atoms with Crippen molar-refractivity contribution in [2.75, 3.05) is 7.11 Å². The van der Waals surface area contributed by atoms with E-state index in [-0.39, 0.29) is 12.0 Å². The summed E-state index contributed by atoms with van der Waals surface area (Å²) < 4.78 is 4.68. The predicted molar refractivity (Wildman–Crippen MR) is 75.8 cm³/mol. The fraction of sp³-hybridized carbons (Fsp3) is 0.385. The molecule has 0 fully saturated rings. The second-order valence-corrected chi connectivity index (χ2v) is 5.04. The van der Waals surface area contributed by atoms with Crippen LogP contribution in [0.4, 0.5) is 0 Å². The first-order valence-corrected chi connectivity index (χ1v) is 6.64. The average Bonchev–Trinajstić information content (AvgIpc) is 2.35. The van der Waals surface area contributed by atoms with E-state index in [1.165, 1.54) is 18.9 Å². The molecule has 18 heavy (non-hydrogen) atoms. The minimum atomic E-state index is -0.328. The van der Waals surface area contributed by atoms with Crippen LogP contribution in [-0.4, -0.2) is 24.3 Å². The van der Waals surface area contributed by atoms with Crippen LogP contribution in [0.1, 0.15) is 29.8 Å². The minimum Gasteiger partial charge on any atom is -0.465 e. The number of ether oxygens (including phenoxy) is 1. The van der Waals surface area contributed by atoms with Crippen molar-refractivity contribution in [2.45, 2.75) is 25.6 Å². The van der Waals surface area contributed by atoms with Crippen LogP contribution >= 0.6 is 11.8 Å². The second kappa shape index (κ2) is 7.06. The van der Waals surface area contributed by atoms with Crippen molar-refractivity contribution in [2.24, 2.45) is 10.7 Å². The molecule has 0 heterocycles. The first kappa shape index (κ1) is 14.6. The second-order valence-electron chi connectivity index (χ2n) is 4.04. The molecular formula is C13H18N2O2S. The molecule has 0 radical (unpaired) electrons. The molecule has 0 unspecified atom stereocenters. The molecule has 0 aliphatic rings. The highest BCUT2D eigenvalue weighted by atomic mass is 32.2. The number of rotatable bonds is 4. The summed E-state index contributed by atoms with van der Waals surface area (Å²) in [5, 5.41) is 0.563. The van der Waals surface area contributed by atoms with Crippen molar-refractivity contribution in [3.63, 3.8) is 0 Å².